The maximum absolute atomic E-state index is 12.3. The van der Waals surface area contributed by atoms with Crippen molar-refractivity contribution < 1.29 is 9.53 Å². The number of hydrogen-bond acceptors (Lipinski definition) is 2. The molecule has 0 saturated carbocycles. The van der Waals surface area contributed by atoms with Crippen LogP contribution in [0.5, 0.6) is 5.75 Å². The quantitative estimate of drug-likeness (QED) is 0.714. The van der Waals surface area contributed by atoms with Crippen molar-refractivity contribution in [1.29, 1.82) is 0 Å². The van der Waals surface area contributed by atoms with Crippen LogP contribution >= 0.6 is 0 Å². The second kappa shape index (κ2) is 8.26. The zero-order valence-electron chi connectivity index (χ0n) is 16.7. The van der Waals surface area contributed by atoms with E-state index in [4.69, 9.17) is 4.74 Å². The Balaban J connectivity index is 2.00. The minimum absolute atomic E-state index is 0.0270. The summed E-state index contributed by atoms with van der Waals surface area (Å²) in [6, 6.07) is 11.9. The number of rotatable bonds is 5. The van der Waals surface area contributed by atoms with Crippen molar-refractivity contribution in [2.45, 2.75) is 53.4 Å². The number of urea groups is 1. The van der Waals surface area contributed by atoms with Crippen LogP contribution in [0.25, 0.3) is 0 Å². The lowest BCUT2D eigenvalue weighted by atomic mass is 9.85. The van der Waals surface area contributed by atoms with E-state index in [-0.39, 0.29) is 18.2 Å². The van der Waals surface area contributed by atoms with Gasteiger partial charge in [0.25, 0.3) is 0 Å². The fourth-order valence-corrected chi connectivity index (χ4v) is 2.89. The van der Waals surface area contributed by atoms with Gasteiger partial charge in [-0.1, -0.05) is 63.6 Å². The minimum atomic E-state index is -0.265. The summed E-state index contributed by atoms with van der Waals surface area (Å²) in [5, 5.41) is 5.72. The van der Waals surface area contributed by atoms with Crippen LogP contribution in [0, 0.1) is 13.8 Å². The molecule has 2 rings (SSSR count). The third-order valence-electron chi connectivity index (χ3n) is 4.38. The molecule has 140 valence electrons. The van der Waals surface area contributed by atoms with E-state index in [1.807, 2.05) is 37.3 Å². The highest BCUT2D eigenvalue weighted by Gasteiger charge is 2.19. The molecule has 0 aromatic heterocycles. The van der Waals surface area contributed by atoms with E-state index in [1.165, 1.54) is 5.56 Å². The summed E-state index contributed by atoms with van der Waals surface area (Å²) in [5.74, 6) is 0.800. The van der Waals surface area contributed by atoms with E-state index >= 15 is 0 Å². The topological polar surface area (TPSA) is 50.4 Å². The molecule has 4 heteroatoms. The third kappa shape index (κ3) is 5.01. The molecule has 0 heterocycles. The minimum Gasteiger partial charge on any atom is -0.473 e. The lowest BCUT2D eigenvalue weighted by Gasteiger charge is -2.23. The first-order valence-electron chi connectivity index (χ1n) is 9.09. The van der Waals surface area contributed by atoms with Crippen LogP contribution in [0.15, 0.2) is 36.4 Å². The Kier molecular flexibility index (Phi) is 6.30. The molecule has 0 fully saturated rings. The zero-order valence-corrected chi connectivity index (χ0v) is 16.7. The first-order chi connectivity index (χ1) is 12.2. The number of nitrogens with one attached hydrogen (secondary N) is 2. The second-order valence-electron chi connectivity index (χ2n) is 7.63. The van der Waals surface area contributed by atoms with Crippen LogP contribution in [0.2, 0.25) is 0 Å². The van der Waals surface area contributed by atoms with E-state index in [0.717, 1.165) is 34.5 Å². The maximum Gasteiger partial charge on any atom is 0.321 e. The van der Waals surface area contributed by atoms with Gasteiger partial charge in [0.15, 0.2) is 6.73 Å². The Bertz CT molecular complexity index is 776. The average molecular weight is 354 g/mol. The summed E-state index contributed by atoms with van der Waals surface area (Å²) >= 11 is 0. The van der Waals surface area contributed by atoms with Crippen LogP contribution < -0.4 is 15.4 Å². The van der Waals surface area contributed by atoms with E-state index < -0.39 is 0 Å². The molecule has 0 atom stereocenters. The molecule has 4 nitrogen and oxygen atoms in total. The Morgan fingerprint density at radius 2 is 1.85 bits per heavy atom. The van der Waals surface area contributed by atoms with Gasteiger partial charge in [0.05, 0.1) is 0 Å². The van der Waals surface area contributed by atoms with Gasteiger partial charge in [0.2, 0.25) is 0 Å². The SMILES string of the molecule is CCc1cccc(C)c1NC(=O)NCOc1ccc(C)cc1C(C)(C)C. The van der Waals surface area contributed by atoms with Crippen molar-refractivity contribution in [3.8, 4) is 5.75 Å². The molecule has 0 saturated heterocycles. The van der Waals surface area contributed by atoms with E-state index in [0.29, 0.717) is 0 Å². The molecule has 2 N–H and O–H groups in total. The molecule has 0 aliphatic rings. The molecular formula is C22H30N2O2. The van der Waals surface area contributed by atoms with Crippen molar-refractivity contribution in [3.05, 3.63) is 58.7 Å². The van der Waals surface area contributed by atoms with Gasteiger partial charge in [-0.05, 0) is 48.4 Å². The highest BCUT2D eigenvalue weighted by Crippen LogP contribution is 2.32. The average Bonchev–Trinajstić information content (AvgIpc) is 2.57. The van der Waals surface area contributed by atoms with Crippen LogP contribution in [0.4, 0.5) is 10.5 Å². The first-order valence-corrected chi connectivity index (χ1v) is 9.09. The molecule has 0 aliphatic heterocycles. The lowest BCUT2D eigenvalue weighted by molar-refractivity contribution is 0.233. The number of ether oxygens (including phenoxy) is 1. The summed E-state index contributed by atoms with van der Waals surface area (Å²) < 4.78 is 5.84. The molecule has 0 aliphatic carbocycles. The highest BCUT2D eigenvalue weighted by atomic mass is 16.5. The molecule has 0 bridgehead atoms. The van der Waals surface area contributed by atoms with E-state index in [2.05, 4.69) is 51.3 Å². The van der Waals surface area contributed by atoms with Gasteiger partial charge < -0.3 is 15.4 Å². The molecule has 0 spiro atoms. The van der Waals surface area contributed by atoms with Gasteiger partial charge >= 0.3 is 6.03 Å². The van der Waals surface area contributed by atoms with Crippen molar-refractivity contribution in [2.75, 3.05) is 12.0 Å². The maximum atomic E-state index is 12.3. The van der Waals surface area contributed by atoms with Gasteiger partial charge in [-0.25, -0.2) is 4.79 Å². The van der Waals surface area contributed by atoms with Crippen molar-refractivity contribution in [1.82, 2.24) is 5.32 Å². The predicted molar refractivity (Wildman–Crippen MR) is 108 cm³/mol. The highest BCUT2D eigenvalue weighted by molar-refractivity contribution is 5.91. The molecule has 26 heavy (non-hydrogen) atoms. The molecule has 0 radical (unpaired) electrons. The fourth-order valence-electron chi connectivity index (χ4n) is 2.89. The standard InChI is InChI=1S/C22H30N2O2/c1-7-17-10-8-9-16(3)20(17)24-21(25)23-14-26-19-12-11-15(2)13-18(19)22(4,5)6/h8-13H,7,14H2,1-6H3,(H2,23,24,25). The normalized spacial score (nSPS) is 11.2. The first kappa shape index (κ1) is 19.8. The Hall–Kier alpha value is -2.49. The number of aryl methyl sites for hydroxylation is 3. The smallest absolute Gasteiger partial charge is 0.321 e. The summed E-state index contributed by atoms with van der Waals surface area (Å²) in [5.41, 5.74) is 5.34. The molecule has 2 aromatic rings. The van der Waals surface area contributed by atoms with Crippen LogP contribution in [0.1, 0.15) is 49.9 Å². The van der Waals surface area contributed by atoms with Crippen molar-refractivity contribution in [3.63, 3.8) is 0 Å². The van der Waals surface area contributed by atoms with Crippen LogP contribution in [0.3, 0.4) is 0 Å². The third-order valence-corrected chi connectivity index (χ3v) is 4.38. The fraction of sp³-hybridized carbons (Fsp3) is 0.409. The van der Waals surface area contributed by atoms with Gasteiger partial charge in [-0.2, -0.15) is 0 Å². The van der Waals surface area contributed by atoms with Gasteiger partial charge in [0, 0.05) is 5.69 Å². The van der Waals surface area contributed by atoms with Crippen LogP contribution in [-0.4, -0.2) is 12.8 Å². The second-order valence-corrected chi connectivity index (χ2v) is 7.63. The van der Waals surface area contributed by atoms with Gasteiger partial charge in [-0.15, -0.1) is 0 Å². The number of carbonyl (C=O) groups excluding carboxylic acids is 1. The molecule has 2 amide bonds. The van der Waals surface area contributed by atoms with E-state index in [1.54, 1.807) is 0 Å². The van der Waals surface area contributed by atoms with Gasteiger partial charge in [0.1, 0.15) is 5.75 Å². The number of amides is 2. The molecule has 0 unspecified atom stereocenters. The molecular weight excluding hydrogens is 324 g/mol. The monoisotopic (exact) mass is 354 g/mol. The summed E-state index contributed by atoms with van der Waals surface area (Å²) in [6.45, 7) is 12.7. The molecule has 2 aromatic carbocycles. The van der Waals surface area contributed by atoms with Crippen molar-refractivity contribution in [2.24, 2.45) is 0 Å². The number of para-hydroxylation sites is 1. The Morgan fingerprint density at radius 3 is 2.50 bits per heavy atom. The number of benzene rings is 2. The lowest BCUT2D eigenvalue weighted by Crippen LogP contribution is -2.33. The summed E-state index contributed by atoms with van der Waals surface area (Å²) in [4.78, 5) is 12.3. The van der Waals surface area contributed by atoms with Gasteiger partial charge in [-0.3, -0.25) is 0 Å². The number of anilines is 1. The predicted octanol–water partition coefficient (Wildman–Crippen LogP) is 5.32. The van der Waals surface area contributed by atoms with Crippen molar-refractivity contribution >= 4 is 11.7 Å². The number of carbonyl (C=O) groups is 1. The number of hydrogen-bond donors (Lipinski definition) is 2. The zero-order chi connectivity index (χ0) is 19.3. The van der Waals surface area contributed by atoms with E-state index in [9.17, 15) is 4.79 Å². The Labute approximate surface area is 157 Å². The summed E-state index contributed by atoms with van der Waals surface area (Å²) in [6.07, 6.45) is 0.867. The Morgan fingerprint density at radius 1 is 1.12 bits per heavy atom. The van der Waals surface area contributed by atoms with Crippen LogP contribution in [-0.2, 0) is 11.8 Å². The summed E-state index contributed by atoms with van der Waals surface area (Å²) in [7, 11) is 0. The largest absolute Gasteiger partial charge is 0.473 e.